The average molecular weight is 183 g/mol. The van der Waals surface area contributed by atoms with Crippen molar-refractivity contribution in [3.05, 3.63) is 0 Å². The van der Waals surface area contributed by atoms with Crippen LogP contribution < -0.4 is 0 Å². The fourth-order valence-corrected chi connectivity index (χ4v) is 2.71. The smallest absolute Gasteiger partial charge is 0.319 e. The summed E-state index contributed by atoms with van der Waals surface area (Å²) in [6, 6.07) is 0. The molecule has 3 nitrogen and oxygen atoms in total. The number of ether oxygens (including phenoxy) is 1. The number of rotatable bonds is 2. The van der Waals surface area contributed by atoms with Crippen LogP contribution in [0, 0.1) is 11.8 Å². The Morgan fingerprint density at radius 1 is 1.38 bits per heavy atom. The Bertz CT molecular complexity index is 193. The lowest BCUT2D eigenvalue weighted by Crippen LogP contribution is -2.29. The van der Waals surface area contributed by atoms with E-state index in [0.29, 0.717) is 6.54 Å². The highest BCUT2D eigenvalue weighted by molar-refractivity contribution is 5.71. The lowest BCUT2D eigenvalue weighted by atomic mass is 10.0. The third-order valence-corrected chi connectivity index (χ3v) is 3.38. The molecule has 3 heteroatoms. The Balaban J connectivity index is 1.82. The summed E-state index contributed by atoms with van der Waals surface area (Å²) in [5, 5.41) is 0. The molecule has 1 aliphatic heterocycles. The van der Waals surface area contributed by atoms with Gasteiger partial charge < -0.3 is 4.74 Å². The quantitative estimate of drug-likeness (QED) is 0.595. The Labute approximate surface area is 79.0 Å². The molecule has 1 heterocycles. The number of likely N-dealkylation sites (tertiary alicyclic amines) is 1. The Hall–Kier alpha value is -0.570. The van der Waals surface area contributed by atoms with Gasteiger partial charge in [0.05, 0.1) is 13.7 Å². The molecular weight excluding hydrogens is 166 g/mol. The van der Waals surface area contributed by atoms with Crippen LogP contribution in [-0.4, -0.2) is 37.6 Å². The first kappa shape index (κ1) is 9.00. The predicted octanol–water partition coefficient (Wildman–Crippen LogP) is 0.891. The molecule has 1 saturated heterocycles. The summed E-state index contributed by atoms with van der Waals surface area (Å²) in [5.41, 5.74) is 0. The van der Waals surface area contributed by atoms with E-state index < -0.39 is 0 Å². The van der Waals surface area contributed by atoms with Gasteiger partial charge in [0.15, 0.2) is 0 Å². The monoisotopic (exact) mass is 183 g/mol. The Kier molecular flexibility index (Phi) is 2.54. The van der Waals surface area contributed by atoms with Crippen LogP contribution in [0.15, 0.2) is 0 Å². The van der Waals surface area contributed by atoms with Crippen LogP contribution in [-0.2, 0) is 9.53 Å². The van der Waals surface area contributed by atoms with Gasteiger partial charge in [0.2, 0.25) is 0 Å². The van der Waals surface area contributed by atoms with Crippen LogP contribution in [0.5, 0.6) is 0 Å². The maximum atomic E-state index is 11.0. The van der Waals surface area contributed by atoms with Crippen LogP contribution in [0.1, 0.15) is 19.3 Å². The Morgan fingerprint density at radius 2 is 2.00 bits per heavy atom. The second kappa shape index (κ2) is 3.66. The van der Waals surface area contributed by atoms with E-state index in [1.807, 2.05) is 0 Å². The van der Waals surface area contributed by atoms with Gasteiger partial charge in [0, 0.05) is 13.1 Å². The van der Waals surface area contributed by atoms with Gasteiger partial charge in [-0.2, -0.15) is 0 Å². The van der Waals surface area contributed by atoms with Crippen molar-refractivity contribution in [3.8, 4) is 0 Å². The summed E-state index contributed by atoms with van der Waals surface area (Å²) in [6.07, 6.45) is 4.12. The lowest BCUT2D eigenvalue weighted by Gasteiger charge is -2.14. The summed E-state index contributed by atoms with van der Waals surface area (Å²) in [7, 11) is 1.46. The zero-order valence-electron chi connectivity index (χ0n) is 8.16. The van der Waals surface area contributed by atoms with E-state index in [-0.39, 0.29) is 5.97 Å². The molecule has 74 valence electrons. The maximum absolute atomic E-state index is 11.0. The van der Waals surface area contributed by atoms with Gasteiger partial charge in [-0.15, -0.1) is 0 Å². The first-order valence-electron chi connectivity index (χ1n) is 5.09. The molecule has 0 aromatic heterocycles. The average Bonchev–Trinajstić information content (AvgIpc) is 2.63. The molecule has 0 aromatic rings. The highest BCUT2D eigenvalue weighted by atomic mass is 16.5. The third-order valence-electron chi connectivity index (χ3n) is 3.38. The van der Waals surface area contributed by atoms with E-state index in [1.165, 1.54) is 26.4 Å². The van der Waals surface area contributed by atoms with Gasteiger partial charge in [-0.05, 0) is 24.7 Å². The number of methoxy groups -OCH3 is 1. The van der Waals surface area contributed by atoms with Gasteiger partial charge >= 0.3 is 5.97 Å². The molecular formula is C10H17NO2. The third kappa shape index (κ3) is 1.85. The van der Waals surface area contributed by atoms with Gasteiger partial charge in [0.25, 0.3) is 0 Å². The number of esters is 1. The topological polar surface area (TPSA) is 29.5 Å². The van der Waals surface area contributed by atoms with Gasteiger partial charge in [-0.3, -0.25) is 9.69 Å². The van der Waals surface area contributed by atoms with Crippen molar-refractivity contribution >= 4 is 5.97 Å². The SMILES string of the molecule is COC(=O)CN1C[C@H]2CCC[C@H]2C1. The van der Waals surface area contributed by atoms with Crippen LogP contribution >= 0.6 is 0 Å². The highest BCUT2D eigenvalue weighted by Gasteiger charge is 2.36. The summed E-state index contributed by atoms with van der Waals surface area (Å²) >= 11 is 0. The van der Waals surface area contributed by atoms with Crippen LogP contribution in [0.25, 0.3) is 0 Å². The van der Waals surface area contributed by atoms with Crippen molar-refractivity contribution in [3.63, 3.8) is 0 Å². The number of carbonyl (C=O) groups is 1. The summed E-state index contributed by atoms with van der Waals surface area (Å²) in [4.78, 5) is 13.3. The van der Waals surface area contributed by atoms with Crippen LogP contribution in [0.2, 0.25) is 0 Å². The summed E-state index contributed by atoms with van der Waals surface area (Å²) in [5.74, 6) is 1.63. The molecule has 13 heavy (non-hydrogen) atoms. The highest BCUT2D eigenvalue weighted by Crippen LogP contribution is 2.37. The van der Waals surface area contributed by atoms with Gasteiger partial charge in [-0.1, -0.05) is 6.42 Å². The zero-order valence-corrected chi connectivity index (χ0v) is 8.16. The molecule has 1 saturated carbocycles. The summed E-state index contributed by atoms with van der Waals surface area (Å²) < 4.78 is 4.65. The minimum Gasteiger partial charge on any atom is -0.468 e. The molecule has 0 unspecified atom stereocenters. The second-order valence-electron chi connectivity index (χ2n) is 4.22. The van der Waals surface area contributed by atoms with Crippen molar-refractivity contribution < 1.29 is 9.53 Å². The molecule has 1 aliphatic carbocycles. The van der Waals surface area contributed by atoms with Crippen molar-refractivity contribution in [2.75, 3.05) is 26.7 Å². The van der Waals surface area contributed by atoms with E-state index in [1.54, 1.807) is 0 Å². The molecule has 0 N–H and O–H groups in total. The molecule has 2 aliphatic rings. The normalized spacial score (nSPS) is 33.3. The molecule has 0 spiro atoms. The number of fused-ring (bicyclic) bond motifs is 1. The van der Waals surface area contributed by atoms with Crippen molar-refractivity contribution in [2.45, 2.75) is 19.3 Å². The maximum Gasteiger partial charge on any atom is 0.319 e. The largest absolute Gasteiger partial charge is 0.468 e. The van der Waals surface area contributed by atoms with E-state index in [4.69, 9.17) is 0 Å². The fraction of sp³-hybridized carbons (Fsp3) is 0.900. The number of nitrogens with zero attached hydrogens (tertiary/aromatic N) is 1. The number of hydrogen-bond donors (Lipinski definition) is 0. The van der Waals surface area contributed by atoms with Gasteiger partial charge in [-0.25, -0.2) is 0 Å². The first-order chi connectivity index (χ1) is 6.29. The van der Waals surface area contributed by atoms with Crippen molar-refractivity contribution in [2.24, 2.45) is 11.8 Å². The summed E-state index contributed by atoms with van der Waals surface area (Å²) in [6.45, 7) is 2.71. The van der Waals surface area contributed by atoms with Crippen molar-refractivity contribution in [1.29, 1.82) is 0 Å². The lowest BCUT2D eigenvalue weighted by molar-refractivity contribution is -0.141. The van der Waals surface area contributed by atoms with Crippen LogP contribution in [0.3, 0.4) is 0 Å². The first-order valence-corrected chi connectivity index (χ1v) is 5.09. The van der Waals surface area contributed by atoms with Crippen LogP contribution in [0.4, 0.5) is 0 Å². The molecule has 2 atom stereocenters. The standard InChI is InChI=1S/C10H17NO2/c1-13-10(12)7-11-5-8-3-2-4-9(8)6-11/h8-9H,2-7H2,1H3/t8-,9+. The molecule has 2 rings (SSSR count). The number of hydrogen-bond acceptors (Lipinski definition) is 3. The molecule has 2 fully saturated rings. The molecule has 0 amide bonds. The fourth-order valence-electron chi connectivity index (χ4n) is 2.71. The molecule has 0 bridgehead atoms. The molecule has 0 radical (unpaired) electrons. The van der Waals surface area contributed by atoms with E-state index in [2.05, 4.69) is 9.64 Å². The Morgan fingerprint density at radius 3 is 2.54 bits per heavy atom. The van der Waals surface area contributed by atoms with Gasteiger partial charge in [0.1, 0.15) is 0 Å². The van der Waals surface area contributed by atoms with Crippen molar-refractivity contribution in [1.82, 2.24) is 4.90 Å². The van der Waals surface area contributed by atoms with E-state index >= 15 is 0 Å². The minimum absolute atomic E-state index is 0.0972. The number of carbonyl (C=O) groups excluding carboxylic acids is 1. The zero-order chi connectivity index (χ0) is 9.26. The second-order valence-corrected chi connectivity index (χ2v) is 4.22. The minimum atomic E-state index is -0.0972. The van der Waals surface area contributed by atoms with E-state index in [0.717, 1.165) is 24.9 Å². The molecule has 0 aromatic carbocycles. The van der Waals surface area contributed by atoms with E-state index in [9.17, 15) is 4.79 Å². The predicted molar refractivity (Wildman–Crippen MR) is 49.3 cm³/mol.